The summed E-state index contributed by atoms with van der Waals surface area (Å²) in [4.78, 5) is 10.3. The van der Waals surface area contributed by atoms with Crippen LogP contribution in [0.2, 0.25) is 5.02 Å². The molecular formula is C10H14ClN3O3. The first-order valence-electron chi connectivity index (χ1n) is 5.04. The summed E-state index contributed by atoms with van der Waals surface area (Å²) < 4.78 is 0. The predicted molar refractivity (Wildman–Crippen MR) is 66.3 cm³/mol. The highest BCUT2D eigenvalue weighted by Crippen LogP contribution is 2.31. The fourth-order valence-electron chi connectivity index (χ4n) is 1.23. The van der Waals surface area contributed by atoms with Crippen molar-refractivity contribution in [3.05, 3.63) is 33.3 Å². The molecule has 0 saturated heterocycles. The third kappa shape index (κ3) is 3.55. The molecule has 2 unspecified atom stereocenters. The van der Waals surface area contributed by atoms with E-state index in [9.17, 15) is 15.2 Å². The average Bonchev–Trinajstić information content (AvgIpc) is 2.26. The Morgan fingerprint density at radius 3 is 2.82 bits per heavy atom. The first-order chi connectivity index (χ1) is 7.93. The van der Waals surface area contributed by atoms with Gasteiger partial charge in [-0.05, 0) is 13.0 Å². The van der Waals surface area contributed by atoms with Gasteiger partial charge < -0.3 is 16.2 Å². The standard InChI is InChI=1S/C10H14ClN3O3/c1-6(15)8(12)5-13-10-7(11)3-2-4-9(10)14(16)17/h2-4,6,8,13,15H,5,12H2,1H3. The SMILES string of the molecule is CC(O)C(N)CNc1c(Cl)cccc1[N+](=O)[O-]. The van der Waals surface area contributed by atoms with E-state index in [0.717, 1.165) is 0 Å². The topological polar surface area (TPSA) is 101 Å². The zero-order chi connectivity index (χ0) is 13.0. The molecule has 1 aromatic carbocycles. The van der Waals surface area contributed by atoms with E-state index in [1.807, 2.05) is 0 Å². The maximum atomic E-state index is 10.8. The van der Waals surface area contributed by atoms with Crippen LogP contribution in [-0.2, 0) is 0 Å². The lowest BCUT2D eigenvalue weighted by Gasteiger charge is -2.16. The maximum absolute atomic E-state index is 10.8. The van der Waals surface area contributed by atoms with Crippen LogP contribution in [0.1, 0.15) is 6.92 Å². The Bertz CT molecular complexity index is 412. The van der Waals surface area contributed by atoms with Crippen LogP contribution in [0, 0.1) is 10.1 Å². The van der Waals surface area contributed by atoms with E-state index in [0.29, 0.717) is 0 Å². The number of rotatable bonds is 5. The number of nitrogens with one attached hydrogen (secondary N) is 1. The van der Waals surface area contributed by atoms with Gasteiger partial charge in [0.05, 0.1) is 16.0 Å². The minimum atomic E-state index is -0.705. The Labute approximate surface area is 104 Å². The van der Waals surface area contributed by atoms with Gasteiger partial charge in [-0.2, -0.15) is 0 Å². The molecule has 2 atom stereocenters. The van der Waals surface area contributed by atoms with Crippen molar-refractivity contribution in [2.75, 3.05) is 11.9 Å². The Hall–Kier alpha value is -1.37. The summed E-state index contributed by atoms with van der Waals surface area (Å²) in [7, 11) is 0. The zero-order valence-corrected chi connectivity index (χ0v) is 10.0. The van der Waals surface area contributed by atoms with Crippen molar-refractivity contribution in [3.63, 3.8) is 0 Å². The quantitative estimate of drug-likeness (QED) is 0.548. The lowest BCUT2D eigenvalue weighted by atomic mass is 10.2. The number of nitrogens with two attached hydrogens (primary N) is 1. The molecule has 0 saturated carbocycles. The number of hydrogen-bond acceptors (Lipinski definition) is 5. The van der Waals surface area contributed by atoms with Crippen molar-refractivity contribution in [1.82, 2.24) is 0 Å². The summed E-state index contributed by atoms with van der Waals surface area (Å²) in [6.45, 7) is 1.75. The second-order valence-electron chi connectivity index (χ2n) is 3.68. The largest absolute Gasteiger partial charge is 0.392 e. The molecule has 94 valence electrons. The molecule has 17 heavy (non-hydrogen) atoms. The maximum Gasteiger partial charge on any atom is 0.293 e. The average molecular weight is 260 g/mol. The number of aliphatic hydroxyl groups is 1. The van der Waals surface area contributed by atoms with Crippen LogP contribution in [0.5, 0.6) is 0 Å². The van der Waals surface area contributed by atoms with Crippen molar-refractivity contribution < 1.29 is 10.0 Å². The number of anilines is 1. The molecule has 0 fully saturated rings. The first-order valence-corrected chi connectivity index (χ1v) is 5.41. The number of benzene rings is 1. The van der Waals surface area contributed by atoms with Crippen LogP contribution >= 0.6 is 11.6 Å². The Kier molecular flexibility index (Phi) is 4.68. The van der Waals surface area contributed by atoms with Crippen molar-refractivity contribution in [3.8, 4) is 0 Å². The molecule has 0 radical (unpaired) electrons. The minimum absolute atomic E-state index is 0.115. The summed E-state index contributed by atoms with van der Waals surface area (Å²) >= 11 is 5.87. The highest BCUT2D eigenvalue weighted by atomic mass is 35.5. The lowest BCUT2D eigenvalue weighted by Crippen LogP contribution is -2.38. The first kappa shape index (κ1) is 13.7. The molecular weight excluding hydrogens is 246 g/mol. The second kappa shape index (κ2) is 5.81. The zero-order valence-electron chi connectivity index (χ0n) is 9.26. The Balaban J connectivity index is 2.86. The van der Waals surface area contributed by atoms with Crippen molar-refractivity contribution >= 4 is 23.0 Å². The van der Waals surface area contributed by atoms with Crippen LogP contribution in [0.25, 0.3) is 0 Å². The molecule has 7 heteroatoms. The summed E-state index contributed by atoms with van der Waals surface area (Å²) in [6, 6.07) is 3.87. The van der Waals surface area contributed by atoms with Crippen LogP contribution < -0.4 is 11.1 Å². The number of para-hydroxylation sites is 1. The van der Waals surface area contributed by atoms with Gasteiger partial charge in [-0.3, -0.25) is 10.1 Å². The molecule has 0 amide bonds. The van der Waals surface area contributed by atoms with E-state index in [4.69, 9.17) is 17.3 Å². The minimum Gasteiger partial charge on any atom is -0.392 e. The van der Waals surface area contributed by atoms with E-state index in [2.05, 4.69) is 5.32 Å². The number of nitro groups is 1. The van der Waals surface area contributed by atoms with E-state index in [-0.39, 0.29) is 22.9 Å². The fourth-order valence-corrected chi connectivity index (χ4v) is 1.47. The van der Waals surface area contributed by atoms with E-state index >= 15 is 0 Å². The number of halogens is 1. The molecule has 0 aliphatic carbocycles. The third-order valence-corrected chi connectivity index (χ3v) is 2.64. The van der Waals surface area contributed by atoms with Crippen LogP contribution in [-0.4, -0.2) is 28.7 Å². The monoisotopic (exact) mass is 259 g/mol. The molecule has 1 aromatic rings. The summed E-state index contributed by atoms with van der Waals surface area (Å²) in [6.07, 6.45) is -0.705. The summed E-state index contributed by atoms with van der Waals surface area (Å²) in [5, 5.41) is 23.0. The van der Waals surface area contributed by atoms with Crippen molar-refractivity contribution in [2.24, 2.45) is 5.73 Å². The smallest absolute Gasteiger partial charge is 0.293 e. The van der Waals surface area contributed by atoms with Crippen LogP contribution in [0.3, 0.4) is 0 Å². The van der Waals surface area contributed by atoms with E-state index in [1.54, 1.807) is 13.0 Å². The van der Waals surface area contributed by atoms with Gasteiger partial charge in [0.25, 0.3) is 5.69 Å². The van der Waals surface area contributed by atoms with Gasteiger partial charge in [-0.1, -0.05) is 17.7 Å². The third-order valence-electron chi connectivity index (χ3n) is 2.32. The van der Waals surface area contributed by atoms with Gasteiger partial charge in [-0.15, -0.1) is 0 Å². The highest BCUT2D eigenvalue weighted by Gasteiger charge is 2.18. The molecule has 4 N–H and O–H groups in total. The number of nitrogens with zero attached hydrogens (tertiary/aromatic N) is 1. The Morgan fingerprint density at radius 2 is 2.29 bits per heavy atom. The van der Waals surface area contributed by atoms with Gasteiger partial charge in [0.15, 0.2) is 0 Å². The molecule has 0 aliphatic heterocycles. The second-order valence-corrected chi connectivity index (χ2v) is 4.08. The molecule has 0 bridgehead atoms. The number of hydrogen-bond donors (Lipinski definition) is 3. The van der Waals surface area contributed by atoms with Gasteiger partial charge in [-0.25, -0.2) is 0 Å². The summed E-state index contributed by atoms with van der Waals surface area (Å²) in [5.74, 6) is 0. The van der Waals surface area contributed by atoms with Gasteiger partial charge >= 0.3 is 0 Å². The van der Waals surface area contributed by atoms with Gasteiger partial charge in [0, 0.05) is 18.7 Å². The molecule has 1 rings (SSSR count). The van der Waals surface area contributed by atoms with Gasteiger partial charge in [0.1, 0.15) is 5.69 Å². The molecule has 0 heterocycles. The summed E-state index contributed by atoms with van der Waals surface area (Å²) in [5.41, 5.74) is 5.72. The molecule has 0 aliphatic rings. The van der Waals surface area contributed by atoms with Crippen molar-refractivity contribution in [1.29, 1.82) is 0 Å². The number of nitro benzene ring substituents is 1. The molecule has 0 aromatic heterocycles. The predicted octanol–water partition coefficient (Wildman–Crippen LogP) is 1.37. The highest BCUT2D eigenvalue weighted by molar-refractivity contribution is 6.33. The molecule has 6 nitrogen and oxygen atoms in total. The van der Waals surface area contributed by atoms with Crippen molar-refractivity contribution in [2.45, 2.75) is 19.1 Å². The normalized spacial score (nSPS) is 14.1. The van der Waals surface area contributed by atoms with E-state index < -0.39 is 17.1 Å². The van der Waals surface area contributed by atoms with Gasteiger partial charge in [0.2, 0.25) is 0 Å². The van der Waals surface area contributed by atoms with E-state index in [1.165, 1.54) is 12.1 Å². The molecule has 0 spiro atoms. The van der Waals surface area contributed by atoms with Crippen LogP contribution in [0.4, 0.5) is 11.4 Å². The number of aliphatic hydroxyl groups excluding tert-OH is 1. The Morgan fingerprint density at radius 1 is 1.65 bits per heavy atom. The lowest BCUT2D eigenvalue weighted by molar-refractivity contribution is -0.383. The fraction of sp³-hybridized carbons (Fsp3) is 0.400. The van der Waals surface area contributed by atoms with Crippen LogP contribution in [0.15, 0.2) is 18.2 Å².